The van der Waals surface area contributed by atoms with Crippen molar-refractivity contribution in [1.82, 2.24) is 9.44 Å². The molecular weight excluding hydrogens is 446 g/mol. The third-order valence-corrected chi connectivity index (χ3v) is 8.34. The van der Waals surface area contributed by atoms with E-state index in [1.807, 2.05) is 0 Å². The van der Waals surface area contributed by atoms with E-state index in [1.54, 1.807) is 24.3 Å². The van der Waals surface area contributed by atoms with Crippen molar-refractivity contribution in [2.45, 2.75) is 38.5 Å². The quantitative estimate of drug-likeness (QED) is 0.412. The van der Waals surface area contributed by atoms with Crippen LogP contribution in [0.4, 0.5) is 8.78 Å². The van der Waals surface area contributed by atoms with E-state index in [2.05, 4.69) is 9.44 Å². The molecule has 172 valence electrons. The van der Waals surface area contributed by atoms with Crippen molar-refractivity contribution >= 4 is 20.0 Å². The maximum Gasteiger partial charge on any atom is 0.227 e. The first-order valence-corrected chi connectivity index (χ1v) is 13.4. The maximum atomic E-state index is 12.9. The van der Waals surface area contributed by atoms with Crippen molar-refractivity contribution < 1.29 is 25.6 Å². The fourth-order valence-electron chi connectivity index (χ4n) is 2.95. The van der Waals surface area contributed by atoms with Crippen molar-refractivity contribution in [3.8, 4) is 0 Å². The number of halogens is 2. The fraction of sp³-hybridized carbons (Fsp3) is 0.429. The van der Waals surface area contributed by atoms with Crippen LogP contribution in [0.15, 0.2) is 48.5 Å². The summed E-state index contributed by atoms with van der Waals surface area (Å²) in [4.78, 5) is 0. The van der Waals surface area contributed by atoms with Crippen LogP contribution >= 0.6 is 0 Å². The lowest BCUT2D eigenvalue weighted by molar-refractivity contribution is 0.568. The fourth-order valence-corrected chi connectivity index (χ4v) is 6.16. The lowest BCUT2D eigenvalue weighted by atomic mass is 10.1. The van der Waals surface area contributed by atoms with Crippen LogP contribution in [0.2, 0.25) is 0 Å². The van der Waals surface area contributed by atoms with E-state index < -0.39 is 25.1 Å². The molecule has 2 aromatic rings. The molecule has 0 spiro atoms. The average molecular weight is 475 g/mol. The Morgan fingerprint density at radius 3 is 1.29 bits per heavy atom. The van der Waals surface area contributed by atoms with Crippen LogP contribution in [0, 0.1) is 11.6 Å². The van der Waals surface area contributed by atoms with Crippen molar-refractivity contribution in [2.75, 3.05) is 18.2 Å². The molecule has 0 aliphatic rings. The van der Waals surface area contributed by atoms with Gasteiger partial charge in [-0.2, -0.15) is 0 Å². The molecule has 0 aliphatic carbocycles. The van der Waals surface area contributed by atoms with Crippen LogP contribution in [-0.2, 0) is 32.9 Å². The molecule has 0 atom stereocenters. The van der Waals surface area contributed by atoms with E-state index in [0.717, 1.165) is 11.1 Å². The predicted molar refractivity (Wildman–Crippen MR) is 117 cm³/mol. The van der Waals surface area contributed by atoms with Crippen LogP contribution in [0.5, 0.6) is 0 Å². The number of aryl methyl sites for hydroxylation is 2. The van der Waals surface area contributed by atoms with Gasteiger partial charge in [0.2, 0.25) is 20.0 Å². The average Bonchev–Trinajstić information content (AvgIpc) is 2.69. The van der Waals surface area contributed by atoms with Gasteiger partial charge < -0.3 is 0 Å². The van der Waals surface area contributed by atoms with E-state index in [1.165, 1.54) is 24.3 Å². The summed E-state index contributed by atoms with van der Waals surface area (Å²) in [5.41, 5.74) is 1.91. The van der Waals surface area contributed by atoms with Gasteiger partial charge in [-0.25, -0.2) is 35.1 Å². The molecule has 2 rings (SSSR count). The van der Waals surface area contributed by atoms with E-state index >= 15 is 0 Å². The number of hydrogen-bond acceptors (Lipinski definition) is 4. The number of hydrogen-bond donors (Lipinski definition) is 2. The number of sulfonamides is 2. The third-order valence-electron chi connectivity index (χ3n) is 4.57. The molecule has 0 aliphatic heterocycles. The van der Waals surface area contributed by atoms with Gasteiger partial charge in [-0.15, -0.1) is 0 Å². The van der Waals surface area contributed by atoms with Crippen LogP contribution in [0.1, 0.15) is 36.8 Å². The van der Waals surface area contributed by atoms with Gasteiger partial charge in [0.25, 0.3) is 0 Å². The standard InChI is InChI=1S/C21H28F2N2O4S2/c22-20-11-7-18(8-12-20)5-1-3-15-24-30(26,27)17-31(28,29)25-16-4-2-6-19-9-13-21(23)14-10-19/h7-14,24-25H,1-6,15-17H2. The topological polar surface area (TPSA) is 92.3 Å². The summed E-state index contributed by atoms with van der Waals surface area (Å²) >= 11 is 0. The van der Waals surface area contributed by atoms with Crippen molar-refractivity contribution in [3.05, 3.63) is 71.3 Å². The number of rotatable bonds is 14. The minimum atomic E-state index is -3.97. The SMILES string of the molecule is O=S(=O)(CS(=O)(=O)NCCCCc1ccc(F)cc1)NCCCCc1ccc(F)cc1. The Labute approximate surface area is 183 Å². The summed E-state index contributed by atoms with van der Waals surface area (Å²) in [7, 11) is -7.93. The van der Waals surface area contributed by atoms with Gasteiger partial charge in [0, 0.05) is 13.1 Å². The van der Waals surface area contributed by atoms with Gasteiger partial charge in [-0.1, -0.05) is 24.3 Å². The largest absolute Gasteiger partial charge is 0.227 e. The second kappa shape index (κ2) is 12.2. The molecule has 0 bridgehead atoms. The lowest BCUT2D eigenvalue weighted by Gasteiger charge is -2.09. The zero-order valence-corrected chi connectivity index (χ0v) is 18.8. The van der Waals surface area contributed by atoms with Gasteiger partial charge in [0.15, 0.2) is 5.08 Å². The Morgan fingerprint density at radius 2 is 0.935 bits per heavy atom. The van der Waals surface area contributed by atoms with Gasteiger partial charge in [-0.05, 0) is 73.9 Å². The van der Waals surface area contributed by atoms with E-state index in [-0.39, 0.29) is 24.7 Å². The van der Waals surface area contributed by atoms with Crippen molar-refractivity contribution in [2.24, 2.45) is 0 Å². The highest BCUT2D eigenvalue weighted by atomic mass is 32.3. The Kier molecular flexibility index (Phi) is 10.0. The molecule has 0 saturated heterocycles. The molecule has 2 aromatic carbocycles. The highest BCUT2D eigenvalue weighted by Crippen LogP contribution is 2.08. The summed E-state index contributed by atoms with van der Waals surface area (Å²) in [5, 5.41) is -1.02. The molecule has 0 aromatic heterocycles. The monoisotopic (exact) mass is 474 g/mol. The van der Waals surface area contributed by atoms with Crippen LogP contribution in [0.3, 0.4) is 0 Å². The van der Waals surface area contributed by atoms with Crippen LogP contribution in [-0.4, -0.2) is 35.0 Å². The summed E-state index contributed by atoms with van der Waals surface area (Å²) in [5.74, 6) is -0.613. The number of nitrogens with one attached hydrogen (secondary N) is 2. The molecule has 0 heterocycles. The normalized spacial score (nSPS) is 12.2. The molecule has 0 radical (unpaired) electrons. The minimum Gasteiger partial charge on any atom is -0.214 e. The van der Waals surface area contributed by atoms with Gasteiger partial charge >= 0.3 is 0 Å². The Bertz CT molecular complexity index is 927. The molecule has 0 unspecified atom stereocenters. The molecule has 0 saturated carbocycles. The van der Waals surface area contributed by atoms with Crippen molar-refractivity contribution in [3.63, 3.8) is 0 Å². The third kappa shape index (κ3) is 10.8. The summed E-state index contributed by atoms with van der Waals surface area (Å²) in [6.07, 6.45) is 3.81. The zero-order valence-electron chi connectivity index (χ0n) is 17.2. The first-order valence-electron chi connectivity index (χ1n) is 10.1. The summed E-state index contributed by atoms with van der Waals surface area (Å²) < 4.78 is 78.4. The first-order chi connectivity index (χ1) is 14.7. The molecule has 2 N–H and O–H groups in total. The number of benzene rings is 2. The smallest absolute Gasteiger partial charge is 0.214 e. The Balaban J connectivity index is 1.61. The van der Waals surface area contributed by atoms with Crippen molar-refractivity contribution in [1.29, 1.82) is 0 Å². The Morgan fingerprint density at radius 1 is 0.581 bits per heavy atom. The summed E-state index contributed by atoms with van der Waals surface area (Å²) in [6.45, 7) is 0.271. The molecule has 10 heteroatoms. The summed E-state index contributed by atoms with van der Waals surface area (Å²) in [6, 6.07) is 12.2. The minimum absolute atomic E-state index is 0.136. The van der Waals surface area contributed by atoms with Gasteiger partial charge in [0.05, 0.1) is 0 Å². The lowest BCUT2D eigenvalue weighted by Crippen LogP contribution is -2.36. The molecular formula is C21H28F2N2O4S2. The molecule has 0 amide bonds. The second-order valence-electron chi connectivity index (χ2n) is 7.30. The van der Waals surface area contributed by atoms with E-state index in [0.29, 0.717) is 38.5 Å². The van der Waals surface area contributed by atoms with E-state index in [4.69, 9.17) is 0 Å². The van der Waals surface area contributed by atoms with Gasteiger partial charge in [0.1, 0.15) is 11.6 Å². The van der Waals surface area contributed by atoms with Crippen LogP contribution < -0.4 is 9.44 Å². The maximum absolute atomic E-state index is 12.9. The highest BCUT2D eigenvalue weighted by molar-refractivity contribution is 8.06. The van der Waals surface area contributed by atoms with Gasteiger partial charge in [-0.3, -0.25) is 0 Å². The molecule has 0 fully saturated rings. The number of unbranched alkanes of at least 4 members (excludes halogenated alkanes) is 2. The predicted octanol–water partition coefficient (Wildman–Crippen LogP) is 3.11. The molecule has 6 nitrogen and oxygen atoms in total. The second-order valence-corrected chi connectivity index (χ2v) is 11.3. The molecule has 31 heavy (non-hydrogen) atoms. The Hall–Kier alpha value is -1.88. The zero-order chi connectivity index (χ0) is 22.7. The van der Waals surface area contributed by atoms with Crippen LogP contribution in [0.25, 0.3) is 0 Å². The highest BCUT2D eigenvalue weighted by Gasteiger charge is 2.21. The van der Waals surface area contributed by atoms with E-state index in [9.17, 15) is 25.6 Å². The first kappa shape index (κ1) is 25.4.